The van der Waals surface area contributed by atoms with Crippen LogP contribution in [0.2, 0.25) is 5.02 Å². The Labute approximate surface area is 147 Å². The molecule has 0 aliphatic carbocycles. The Kier molecular flexibility index (Phi) is 6.45. The molecule has 1 unspecified atom stereocenters. The fourth-order valence-corrected chi connectivity index (χ4v) is 2.97. The zero-order valence-electron chi connectivity index (χ0n) is 14.4. The van der Waals surface area contributed by atoms with Crippen molar-refractivity contribution in [3.05, 3.63) is 23.2 Å². The molecule has 1 saturated heterocycles. The molecular formula is C17H25ClN3O3+. The number of likely N-dealkylation sites (N-methyl/N-ethyl adjacent to an activating group) is 1. The lowest BCUT2D eigenvalue weighted by atomic mass is 10.2. The zero-order chi connectivity index (χ0) is 17.7. The molecule has 2 N–H and O–H groups in total. The molecule has 2 atom stereocenters. The number of rotatable bonds is 6. The third-order valence-corrected chi connectivity index (χ3v) is 4.64. The molecule has 0 spiro atoms. The van der Waals surface area contributed by atoms with Gasteiger partial charge in [-0.05, 0) is 38.0 Å². The van der Waals surface area contributed by atoms with E-state index in [0.29, 0.717) is 16.5 Å². The molecule has 132 valence electrons. The molecule has 2 rings (SSSR count). The molecule has 0 aromatic heterocycles. The van der Waals surface area contributed by atoms with Crippen LogP contribution in [0.15, 0.2) is 18.2 Å². The van der Waals surface area contributed by atoms with E-state index >= 15 is 0 Å². The number of likely N-dealkylation sites (tertiary alicyclic amines) is 1. The molecule has 1 aromatic carbocycles. The second kappa shape index (κ2) is 8.35. The van der Waals surface area contributed by atoms with Crippen LogP contribution in [-0.4, -0.2) is 56.5 Å². The van der Waals surface area contributed by atoms with Gasteiger partial charge in [-0.3, -0.25) is 9.59 Å². The Balaban J connectivity index is 1.93. The van der Waals surface area contributed by atoms with Gasteiger partial charge in [-0.25, -0.2) is 0 Å². The first kappa shape index (κ1) is 18.5. The van der Waals surface area contributed by atoms with E-state index < -0.39 is 0 Å². The van der Waals surface area contributed by atoms with Crippen molar-refractivity contribution in [3.63, 3.8) is 0 Å². The predicted molar refractivity (Wildman–Crippen MR) is 93.7 cm³/mol. The van der Waals surface area contributed by atoms with E-state index in [0.717, 1.165) is 30.8 Å². The maximum Gasteiger partial charge on any atom is 0.280 e. The Morgan fingerprint density at radius 3 is 2.67 bits per heavy atom. The summed E-state index contributed by atoms with van der Waals surface area (Å²) in [4.78, 5) is 27.4. The molecule has 1 aliphatic heterocycles. The standard InChI is InChI=1S/C17H24ClN3O3/c1-12(17(23)21-8-4-5-9-21)20(2)11-16(22)19-14-10-13(18)6-7-15(14)24-3/h6-7,10,12H,4-5,8-9,11H2,1-3H3,(H,19,22)/p+1/t12-/m1/s1. The highest BCUT2D eigenvalue weighted by atomic mass is 35.5. The number of quaternary nitrogens is 1. The number of amides is 2. The molecule has 1 aromatic rings. The van der Waals surface area contributed by atoms with Crippen LogP contribution in [0.4, 0.5) is 5.69 Å². The van der Waals surface area contributed by atoms with Crippen LogP contribution in [0.3, 0.4) is 0 Å². The van der Waals surface area contributed by atoms with Crippen LogP contribution in [0, 0.1) is 0 Å². The average Bonchev–Trinajstić information content (AvgIpc) is 3.08. The SMILES string of the molecule is COc1ccc(Cl)cc1NC(=O)C[NH+](C)[C@H](C)C(=O)N1CCCC1. The lowest BCUT2D eigenvalue weighted by Crippen LogP contribution is -3.15. The van der Waals surface area contributed by atoms with Gasteiger partial charge in [0.2, 0.25) is 0 Å². The van der Waals surface area contributed by atoms with Gasteiger partial charge in [-0.15, -0.1) is 0 Å². The lowest BCUT2D eigenvalue weighted by Gasteiger charge is -2.25. The van der Waals surface area contributed by atoms with Crippen molar-refractivity contribution in [2.24, 2.45) is 0 Å². The number of nitrogens with zero attached hydrogens (tertiary/aromatic N) is 1. The number of hydrogen-bond acceptors (Lipinski definition) is 3. The van der Waals surface area contributed by atoms with Crippen molar-refractivity contribution in [1.29, 1.82) is 0 Å². The van der Waals surface area contributed by atoms with Crippen molar-refractivity contribution < 1.29 is 19.2 Å². The molecule has 0 radical (unpaired) electrons. The van der Waals surface area contributed by atoms with Crippen LogP contribution in [-0.2, 0) is 9.59 Å². The maximum atomic E-state index is 12.4. The van der Waals surface area contributed by atoms with Crippen LogP contribution in [0.5, 0.6) is 5.75 Å². The van der Waals surface area contributed by atoms with E-state index in [2.05, 4.69) is 5.32 Å². The number of anilines is 1. The van der Waals surface area contributed by atoms with E-state index in [4.69, 9.17) is 16.3 Å². The Hall–Kier alpha value is -1.79. The number of hydrogen-bond donors (Lipinski definition) is 2. The smallest absolute Gasteiger partial charge is 0.280 e. The topological polar surface area (TPSA) is 63.1 Å². The summed E-state index contributed by atoms with van der Waals surface area (Å²) in [5.74, 6) is 0.471. The lowest BCUT2D eigenvalue weighted by molar-refractivity contribution is -0.886. The summed E-state index contributed by atoms with van der Waals surface area (Å²) in [6.45, 7) is 3.70. The third kappa shape index (κ3) is 4.61. The van der Waals surface area contributed by atoms with Crippen molar-refractivity contribution in [3.8, 4) is 5.75 Å². The highest BCUT2D eigenvalue weighted by molar-refractivity contribution is 6.31. The van der Waals surface area contributed by atoms with E-state index in [-0.39, 0.29) is 24.4 Å². The van der Waals surface area contributed by atoms with Gasteiger partial charge < -0.3 is 19.9 Å². The number of ether oxygens (including phenoxy) is 1. The number of benzene rings is 1. The Morgan fingerprint density at radius 1 is 1.38 bits per heavy atom. The first-order chi connectivity index (χ1) is 11.4. The van der Waals surface area contributed by atoms with E-state index in [1.54, 1.807) is 18.2 Å². The zero-order valence-corrected chi connectivity index (χ0v) is 15.2. The summed E-state index contributed by atoms with van der Waals surface area (Å²) in [6.07, 6.45) is 2.12. The van der Waals surface area contributed by atoms with Crippen LogP contribution in [0.25, 0.3) is 0 Å². The Morgan fingerprint density at radius 2 is 2.04 bits per heavy atom. The summed E-state index contributed by atoms with van der Waals surface area (Å²) in [5, 5.41) is 3.32. The third-order valence-electron chi connectivity index (χ3n) is 4.40. The predicted octanol–water partition coefficient (Wildman–Crippen LogP) is 0.813. The molecule has 0 bridgehead atoms. The molecule has 0 saturated carbocycles. The van der Waals surface area contributed by atoms with E-state index in [1.807, 2.05) is 18.9 Å². The number of nitrogens with one attached hydrogen (secondary N) is 2. The molecule has 6 nitrogen and oxygen atoms in total. The normalized spacial score (nSPS) is 16.6. The largest absolute Gasteiger partial charge is 0.495 e. The van der Waals surface area contributed by atoms with Crippen LogP contribution < -0.4 is 15.0 Å². The minimum absolute atomic E-state index is 0.109. The first-order valence-electron chi connectivity index (χ1n) is 8.17. The number of carbonyl (C=O) groups excluding carboxylic acids is 2. The van der Waals surface area contributed by atoms with Gasteiger partial charge in [0.1, 0.15) is 5.75 Å². The summed E-state index contributed by atoms with van der Waals surface area (Å²) >= 11 is 5.97. The number of carbonyl (C=O) groups is 2. The van der Waals surface area contributed by atoms with Gasteiger partial charge >= 0.3 is 0 Å². The summed E-state index contributed by atoms with van der Waals surface area (Å²) in [5.41, 5.74) is 0.529. The van der Waals surface area contributed by atoms with Crippen LogP contribution in [0.1, 0.15) is 19.8 Å². The molecule has 1 aliphatic rings. The van der Waals surface area contributed by atoms with Gasteiger partial charge in [-0.2, -0.15) is 0 Å². The van der Waals surface area contributed by atoms with Crippen LogP contribution >= 0.6 is 11.6 Å². The average molecular weight is 355 g/mol. The second-order valence-electron chi connectivity index (χ2n) is 6.17. The summed E-state index contributed by atoms with van der Waals surface area (Å²) in [7, 11) is 3.39. The van der Waals surface area contributed by atoms with Gasteiger partial charge in [0.25, 0.3) is 11.8 Å². The molecule has 24 heavy (non-hydrogen) atoms. The Bertz CT molecular complexity index is 603. The highest BCUT2D eigenvalue weighted by Crippen LogP contribution is 2.27. The molecule has 1 heterocycles. The van der Waals surface area contributed by atoms with Crippen molar-refractivity contribution in [2.75, 3.05) is 39.1 Å². The van der Waals surface area contributed by atoms with Gasteiger partial charge in [0, 0.05) is 18.1 Å². The molecule has 2 amide bonds. The molecular weight excluding hydrogens is 330 g/mol. The van der Waals surface area contributed by atoms with Crippen molar-refractivity contribution in [1.82, 2.24) is 4.90 Å². The first-order valence-corrected chi connectivity index (χ1v) is 8.54. The van der Waals surface area contributed by atoms with Crippen molar-refractivity contribution >= 4 is 29.1 Å². The minimum Gasteiger partial charge on any atom is -0.495 e. The number of halogens is 1. The number of methoxy groups -OCH3 is 1. The fraction of sp³-hybridized carbons (Fsp3) is 0.529. The molecule has 1 fully saturated rings. The molecule has 7 heteroatoms. The van der Waals surface area contributed by atoms with E-state index in [1.165, 1.54) is 7.11 Å². The van der Waals surface area contributed by atoms with E-state index in [9.17, 15) is 9.59 Å². The van der Waals surface area contributed by atoms with Gasteiger partial charge in [0.15, 0.2) is 12.6 Å². The maximum absolute atomic E-state index is 12.4. The quantitative estimate of drug-likeness (QED) is 0.794. The highest BCUT2D eigenvalue weighted by Gasteiger charge is 2.29. The monoisotopic (exact) mass is 354 g/mol. The minimum atomic E-state index is -0.255. The van der Waals surface area contributed by atoms with Crippen molar-refractivity contribution in [2.45, 2.75) is 25.8 Å². The fourth-order valence-electron chi connectivity index (χ4n) is 2.80. The second-order valence-corrected chi connectivity index (χ2v) is 6.61. The summed E-state index contributed by atoms with van der Waals surface area (Å²) < 4.78 is 5.22. The van der Waals surface area contributed by atoms with Gasteiger partial charge in [0.05, 0.1) is 19.8 Å². The summed E-state index contributed by atoms with van der Waals surface area (Å²) in [6, 6.07) is 4.79. The van der Waals surface area contributed by atoms with Gasteiger partial charge in [-0.1, -0.05) is 11.6 Å².